The highest BCUT2D eigenvalue weighted by Gasteiger charge is 2.20. The largest absolute Gasteiger partial charge is 0.384 e. The van der Waals surface area contributed by atoms with E-state index in [0.717, 1.165) is 40.8 Å². The number of hydrogen-bond donors (Lipinski definition) is 1. The van der Waals surface area contributed by atoms with Crippen LogP contribution in [0.2, 0.25) is 10.0 Å². The van der Waals surface area contributed by atoms with Crippen molar-refractivity contribution in [3.63, 3.8) is 0 Å². The molecule has 3 nitrogen and oxygen atoms in total. The van der Waals surface area contributed by atoms with Gasteiger partial charge in [0, 0.05) is 23.9 Å². The third-order valence-corrected chi connectivity index (χ3v) is 3.93. The first-order chi connectivity index (χ1) is 9.22. The molecular formula is C14H14Cl2N2O. The third kappa shape index (κ3) is 2.16. The lowest BCUT2D eigenvalue weighted by atomic mass is 10.0. The molecule has 0 saturated heterocycles. The highest BCUT2D eigenvalue weighted by molar-refractivity contribution is 6.41. The Morgan fingerprint density at radius 3 is 2.89 bits per heavy atom. The number of ether oxygens (including phenoxy) is 1. The van der Waals surface area contributed by atoms with Gasteiger partial charge < -0.3 is 10.1 Å². The van der Waals surface area contributed by atoms with Gasteiger partial charge in [-0.3, -0.25) is 4.98 Å². The number of anilines is 1. The summed E-state index contributed by atoms with van der Waals surface area (Å²) < 4.78 is 5.55. The molecule has 1 aromatic heterocycles. The van der Waals surface area contributed by atoms with Crippen molar-refractivity contribution < 1.29 is 4.74 Å². The highest BCUT2D eigenvalue weighted by atomic mass is 35.5. The molecule has 2 heterocycles. The van der Waals surface area contributed by atoms with Crippen molar-refractivity contribution in [3.05, 3.63) is 33.4 Å². The fraction of sp³-hybridized carbons (Fsp3) is 0.357. The van der Waals surface area contributed by atoms with Crippen LogP contribution >= 0.6 is 23.2 Å². The minimum absolute atomic E-state index is 0.573. The Kier molecular flexibility index (Phi) is 3.52. The van der Waals surface area contributed by atoms with Gasteiger partial charge in [-0.2, -0.15) is 0 Å². The number of hydrogen-bond acceptors (Lipinski definition) is 3. The Morgan fingerprint density at radius 1 is 1.32 bits per heavy atom. The first-order valence-corrected chi connectivity index (χ1v) is 7.09. The summed E-state index contributed by atoms with van der Waals surface area (Å²) in [7, 11) is 0. The second-order valence-corrected chi connectivity index (χ2v) is 5.31. The van der Waals surface area contributed by atoms with Crippen molar-refractivity contribution in [2.24, 2.45) is 0 Å². The van der Waals surface area contributed by atoms with Crippen LogP contribution in [0.4, 0.5) is 5.69 Å². The maximum Gasteiger partial charge on any atom is 0.0927 e. The predicted octanol–water partition coefficient (Wildman–Crippen LogP) is 4.05. The number of pyridine rings is 1. The molecule has 5 heteroatoms. The molecule has 1 N–H and O–H groups in total. The summed E-state index contributed by atoms with van der Waals surface area (Å²) in [6.07, 6.45) is 0.812. The molecule has 0 bridgehead atoms. The van der Waals surface area contributed by atoms with Gasteiger partial charge in [-0.1, -0.05) is 23.2 Å². The van der Waals surface area contributed by atoms with Crippen molar-refractivity contribution in [1.29, 1.82) is 0 Å². The number of benzene rings is 1. The molecule has 1 aliphatic rings. The lowest BCUT2D eigenvalue weighted by Crippen LogP contribution is -2.15. The van der Waals surface area contributed by atoms with Crippen LogP contribution in [0.3, 0.4) is 0 Å². The van der Waals surface area contributed by atoms with Crippen LogP contribution in [0.15, 0.2) is 12.1 Å². The maximum atomic E-state index is 6.33. The van der Waals surface area contributed by atoms with Crippen molar-refractivity contribution in [1.82, 2.24) is 4.98 Å². The molecule has 0 atom stereocenters. The molecule has 1 aliphatic heterocycles. The van der Waals surface area contributed by atoms with Crippen LogP contribution in [-0.2, 0) is 17.8 Å². The molecular weight excluding hydrogens is 283 g/mol. The topological polar surface area (TPSA) is 34.2 Å². The van der Waals surface area contributed by atoms with E-state index in [0.29, 0.717) is 23.3 Å². The fourth-order valence-electron chi connectivity index (χ4n) is 2.46. The summed E-state index contributed by atoms with van der Waals surface area (Å²) in [5.74, 6) is 0. The SMILES string of the molecule is CCNc1c2c(nc3c(Cl)ccc(Cl)c13)CCOC2. The van der Waals surface area contributed by atoms with Crippen molar-refractivity contribution in [2.45, 2.75) is 20.0 Å². The van der Waals surface area contributed by atoms with Crippen LogP contribution in [0.1, 0.15) is 18.2 Å². The standard InChI is InChI=1S/C14H14Cl2N2O/c1-2-17-13-8-7-19-6-5-11(8)18-14-10(16)4-3-9(15)12(13)14/h3-4H,2,5-7H2,1H3,(H,17,18). The van der Waals surface area contributed by atoms with E-state index in [1.54, 1.807) is 6.07 Å². The van der Waals surface area contributed by atoms with Crippen LogP contribution in [0.25, 0.3) is 10.9 Å². The van der Waals surface area contributed by atoms with Crippen LogP contribution in [0, 0.1) is 0 Å². The highest BCUT2D eigenvalue weighted by Crippen LogP contribution is 2.38. The number of nitrogens with one attached hydrogen (secondary N) is 1. The van der Waals surface area contributed by atoms with E-state index in [1.165, 1.54) is 0 Å². The van der Waals surface area contributed by atoms with Crippen LogP contribution in [-0.4, -0.2) is 18.1 Å². The second kappa shape index (κ2) is 5.16. The summed E-state index contributed by atoms with van der Waals surface area (Å²) in [6.45, 7) is 4.15. The summed E-state index contributed by atoms with van der Waals surface area (Å²) >= 11 is 12.6. The predicted molar refractivity (Wildman–Crippen MR) is 79.3 cm³/mol. The van der Waals surface area contributed by atoms with Gasteiger partial charge in [0.05, 0.1) is 40.2 Å². The average molecular weight is 297 g/mol. The summed E-state index contributed by atoms with van der Waals surface area (Å²) in [6, 6.07) is 3.60. The lowest BCUT2D eigenvalue weighted by Gasteiger charge is -2.22. The van der Waals surface area contributed by atoms with Gasteiger partial charge in [0.2, 0.25) is 0 Å². The second-order valence-electron chi connectivity index (χ2n) is 4.50. The molecule has 0 unspecified atom stereocenters. The molecule has 0 aliphatic carbocycles. The molecule has 1 aromatic carbocycles. The number of nitrogens with zero attached hydrogens (tertiary/aromatic N) is 1. The Bertz CT molecular complexity index is 643. The van der Waals surface area contributed by atoms with Crippen LogP contribution in [0.5, 0.6) is 0 Å². The van der Waals surface area contributed by atoms with E-state index in [4.69, 9.17) is 27.9 Å². The molecule has 3 rings (SSSR count). The minimum Gasteiger partial charge on any atom is -0.384 e. The third-order valence-electron chi connectivity index (χ3n) is 3.31. The first kappa shape index (κ1) is 13.0. The van der Waals surface area contributed by atoms with Crippen molar-refractivity contribution >= 4 is 39.8 Å². The molecule has 100 valence electrons. The van der Waals surface area contributed by atoms with E-state index in [2.05, 4.69) is 17.2 Å². The van der Waals surface area contributed by atoms with Gasteiger partial charge in [0.25, 0.3) is 0 Å². The van der Waals surface area contributed by atoms with Gasteiger partial charge in [0.15, 0.2) is 0 Å². The number of fused-ring (bicyclic) bond motifs is 2. The molecule has 0 radical (unpaired) electrons. The fourth-order valence-corrected chi connectivity index (χ4v) is 2.91. The summed E-state index contributed by atoms with van der Waals surface area (Å²) in [5, 5.41) is 5.57. The average Bonchev–Trinajstić information content (AvgIpc) is 2.43. The van der Waals surface area contributed by atoms with E-state index in [9.17, 15) is 0 Å². The van der Waals surface area contributed by atoms with E-state index < -0.39 is 0 Å². The van der Waals surface area contributed by atoms with Gasteiger partial charge >= 0.3 is 0 Å². The zero-order chi connectivity index (χ0) is 13.4. The lowest BCUT2D eigenvalue weighted by molar-refractivity contribution is 0.110. The Morgan fingerprint density at radius 2 is 2.11 bits per heavy atom. The number of halogens is 2. The Balaban J connectivity index is 2.39. The van der Waals surface area contributed by atoms with Gasteiger partial charge in [-0.05, 0) is 19.1 Å². The van der Waals surface area contributed by atoms with Gasteiger partial charge in [-0.15, -0.1) is 0 Å². The molecule has 0 fully saturated rings. The van der Waals surface area contributed by atoms with Crippen molar-refractivity contribution in [2.75, 3.05) is 18.5 Å². The quantitative estimate of drug-likeness (QED) is 0.908. The zero-order valence-electron chi connectivity index (χ0n) is 10.6. The molecule has 0 spiro atoms. The van der Waals surface area contributed by atoms with E-state index in [-0.39, 0.29) is 0 Å². The number of aromatic nitrogens is 1. The van der Waals surface area contributed by atoms with Crippen molar-refractivity contribution in [3.8, 4) is 0 Å². The molecule has 0 saturated carbocycles. The smallest absolute Gasteiger partial charge is 0.0927 e. The van der Waals surface area contributed by atoms with Crippen LogP contribution < -0.4 is 5.32 Å². The molecule has 0 amide bonds. The summed E-state index contributed by atoms with van der Waals surface area (Å²) in [5.41, 5.74) is 3.93. The Labute approximate surface area is 121 Å². The molecule has 2 aromatic rings. The Hall–Kier alpha value is -1.03. The monoisotopic (exact) mass is 296 g/mol. The summed E-state index contributed by atoms with van der Waals surface area (Å²) in [4.78, 5) is 4.68. The molecule has 19 heavy (non-hydrogen) atoms. The van der Waals surface area contributed by atoms with Gasteiger partial charge in [0.1, 0.15) is 0 Å². The minimum atomic E-state index is 0.573. The first-order valence-electron chi connectivity index (χ1n) is 6.33. The van der Waals surface area contributed by atoms with E-state index in [1.807, 2.05) is 6.07 Å². The van der Waals surface area contributed by atoms with Gasteiger partial charge in [-0.25, -0.2) is 0 Å². The van der Waals surface area contributed by atoms with E-state index >= 15 is 0 Å². The zero-order valence-corrected chi connectivity index (χ0v) is 12.1. The maximum absolute atomic E-state index is 6.33. The number of rotatable bonds is 2. The normalized spacial score (nSPS) is 14.5.